The number of carbonyl (C=O) groups excluding carboxylic acids is 1. The van der Waals surface area contributed by atoms with Gasteiger partial charge in [0, 0.05) is 17.7 Å². The van der Waals surface area contributed by atoms with Crippen molar-refractivity contribution >= 4 is 26.6 Å². The van der Waals surface area contributed by atoms with Gasteiger partial charge in [0.15, 0.2) is 17.7 Å². The number of nitrogens with zero attached hydrogens (tertiary/aromatic N) is 3. The number of aliphatic imine (C=N–C) groups is 1. The summed E-state index contributed by atoms with van der Waals surface area (Å²) in [5, 5.41) is -0.420. The average Bonchev–Trinajstić information content (AvgIpc) is 3.34. The van der Waals surface area contributed by atoms with Gasteiger partial charge in [-0.15, -0.1) is 8.78 Å². The molecule has 4 heterocycles. The van der Waals surface area contributed by atoms with E-state index in [1.165, 1.54) is 13.0 Å². The van der Waals surface area contributed by atoms with Crippen LogP contribution in [-0.4, -0.2) is 59.1 Å². The molecule has 1 unspecified atom stereocenters. The summed E-state index contributed by atoms with van der Waals surface area (Å²) in [4.78, 5) is 18.1. The highest BCUT2D eigenvalue weighted by molar-refractivity contribution is 8.08. The Bertz CT molecular complexity index is 1340. The normalized spacial score (nSPS) is 23.0. The Morgan fingerprint density at radius 1 is 1.24 bits per heavy atom. The number of amidine groups is 1. The van der Waals surface area contributed by atoms with Crippen LogP contribution in [0.3, 0.4) is 0 Å². The summed E-state index contributed by atoms with van der Waals surface area (Å²) in [7, 11) is -4.04. The third-order valence-electron chi connectivity index (χ3n) is 5.40. The molecule has 1 aromatic carbocycles. The lowest BCUT2D eigenvalue weighted by molar-refractivity contribution is -0.479. The van der Waals surface area contributed by atoms with E-state index in [0.29, 0.717) is 0 Å². The second kappa shape index (κ2) is 6.62. The summed E-state index contributed by atoms with van der Waals surface area (Å²) in [6, 6.07) is 2.22. The predicted octanol–water partition coefficient (Wildman–Crippen LogP) is 2.56. The number of allylic oxidation sites excluding steroid dienone is 2. The van der Waals surface area contributed by atoms with E-state index >= 15 is 0 Å². The maximum absolute atomic E-state index is 13.3. The monoisotopic (exact) mass is 490 g/mol. The van der Waals surface area contributed by atoms with Crippen molar-refractivity contribution in [2.75, 3.05) is 5.75 Å². The first-order chi connectivity index (χ1) is 15.3. The molecule has 14 heteroatoms. The minimum atomic E-state index is -4.67. The van der Waals surface area contributed by atoms with Crippen molar-refractivity contribution in [2.45, 2.75) is 32.1 Å². The van der Waals surface area contributed by atoms with Gasteiger partial charge < -0.3 is 9.47 Å². The van der Waals surface area contributed by atoms with E-state index in [4.69, 9.17) is 0 Å². The molecular weight excluding hydrogens is 477 g/mol. The third kappa shape index (κ3) is 3.31. The summed E-state index contributed by atoms with van der Waals surface area (Å²) in [5.41, 5.74) is -0.814. The minimum Gasteiger partial charge on any atom is -0.395 e. The number of fused-ring (bicyclic) bond motifs is 3. The Hall–Kier alpha value is -3.29. The van der Waals surface area contributed by atoms with Crippen molar-refractivity contribution in [1.82, 2.24) is 4.90 Å². The molecule has 1 amide bonds. The zero-order chi connectivity index (χ0) is 23.9. The van der Waals surface area contributed by atoms with E-state index < -0.39 is 50.8 Å². The quantitative estimate of drug-likeness (QED) is 0.446. The van der Waals surface area contributed by atoms with E-state index in [1.54, 1.807) is 0 Å². The summed E-state index contributed by atoms with van der Waals surface area (Å²) in [6.07, 6.45) is -7.45. The van der Waals surface area contributed by atoms with Crippen LogP contribution in [0.25, 0.3) is 0 Å². The maximum atomic E-state index is 13.3. The first-order valence-electron chi connectivity index (χ1n) is 9.49. The van der Waals surface area contributed by atoms with Crippen molar-refractivity contribution in [3.8, 4) is 11.5 Å². The molecule has 0 bridgehead atoms. The molecule has 1 atom stereocenters. The largest absolute Gasteiger partial charge is 0.586 e. The van der Waals surface area contributed by atoms with E-state index in [0.717, 1.165) is 33.9 Å². The zero-order valence-corrected chi connectivity index (χ0v) is 17.4. The highest BCUT2D eigenvalue weighted by atomic mass is 32.2. The van der Waals surface area contributed by atoms with E-state index in [-0.39, 0.29) is 35.0 Å². The van der Waals surface area contributed by atoms with Crippen LogP contribution < -0.4 is 9.47 Å². The molecule has 0 spiro atoms. The lowest BCUT2D eigenvalue weighted by Crippen LogP contribution is -2.41. The summed E-state index contributed by atoms with van der Waals surface area (Å²) >= 11 is 0. The predicted molar refractivity (Wildman–Crippen MR) is 102 cm³/mol. The van der Waals surface area contributed by atoms with Gasteiger partial charge in [-0.1, -0.05) is 6.92 Å². The van der Waals surface area contributed by atoms with Gasteiger partial charge in [0.2, 0.25) is 15.7 Å². The van der Waals surface area contributed by atoms with E-state index in [1.807, 2.05) is 0 Å². The lowest BCUT2D eigenvalue weighted by Gasteiger charge is -2.14. The fourth-order valence-corrected chi connectivity index (χ4v) is 5.07. The number of halogens is 5. The Kier molecular flexibility index (Phi) is 4.32. The molecule has 0 radical (unpaired) electrons. The van der Waals surface area contributed by atoms with Gasteiger partial charge in [-0.2, -0.15) is 22.7 Å². The molecule has 174 valence electrons. The second-order valence-electron chi connectivity index (χ2n) is 7.43. The molecule has 4 aliphatic rings. The van der Waals surface area contributed by atoms with Crippen LogP contribution in [-0.2, 0) is 16.4 Å². The van der Waals surface area contributed by atoms with Crippen molar-refractivity contribution in [1.29, 1.82) is 0 Å². The molecule has 0 N–H and O–H groups in total. The van der Waals surface area contributed by atoms with Gasteiger partial charge in [0.25, 0.3) is 12.1 Å². The number of hydrogen-bond donors (Lipinski definition) is 0. The molecular formula is C19H13F5N3O5S+. The number of hydrogen-bond acceptors (Lipinski definition) is 6. The Morgan fingerprint density at radius 3 is 2.55 bits per heavy atom. The second-order valence-corrected chi connectivity index (χ2v) is 9.63. The summed E-state index contributed by atoms with van der Waals surface area (Å²) in [5.74, 6) is -2.16. The number of alkyl halides is 5. The van der Waals surface area contributed by atoms with Gasteiger partial charge in [-0.3, -0.25) is 9.69 Å². The topological polar surface area (TPSA) is 88.3 Å². The van der Waals surface area contributed by atoms with Crippen molar-refractivity contribution in [3.63, 3.8) is 0 Å². The smallest absolute Gasteiger partial charge is 0.395 e. The molecule has 8 nitrogen and oxygen atoms in total. The van der Waals surface area contributed by atoms with Crippen LogP contribution in [0.15, 0.2) is 41.1 Å². The fraction of sp³-hybridized carbons (Fsp3) is 0.316. The molecule has 5 rings (SSSR count). The lowest BCUT2D eigenvalue weighted by atomic mass is 10.1. The Morgan fingerprint density at radius 2 is 1.91 bits per heavy atom. The fourth-order valence-electron chi connectivity index (χ4n) is 3.87. The highest BCUT2D eigenvalue weighted by Crippen LogP contribution is 2.44. The molecule has 0 saturated carbocycles. The van der Waals surface area contributed by atoms with Crippen LogP contribution in [0.5, 0.6) is 11.5 Å². The molecule has 1 aromatic rings. The third-order valence-corrected chi connectivity index (χ3v) is 7.14. The van der Waals surface area contributed by atoms with Crippen LogP contribution in [0, 0.1) is 0 Å². The van der Waals surface area contributed by atoms with Crippen LogP contribution >= 0.6 is 0 Å². The SMILES string of the molecule is CCS(=O)(=O)C1=[N+]2C=CC(C(F)(F)F)=CC2N=C1N1Cc2cc3c(cc2C1=O)OC(F)(F)O3. The molecule has 0 aliphatic carbocycles. The van der Waals surface area contributed by atoms with Gasteiger partial charge in [-0.25, -0.2) is 8.42 Å². The van der Waals surface area contributed by atoms with Crippen molar-refractivity contribution < 1.29 is 49.2 Å². The number of ether oxygens (including phenoxy) is 2. The Balaban J connectivity index is 1.57. The first-order valence-corrected chi connectivity index (χ1v) is 11.1. The minimum absolute atomic E-state index is 0.0436. The number of sulfone groups is 1. The molecule has 0 saturated heterocycles. The van der Waals surface area contributed by atoms with E-state index in [9.17, 15) is 35.2 Å². The van der Waals surface area contributed by atoms with Gasteiger partial charge >= 0.3 is 17.5 Å². The maximum Gasteiger partial charge on any atom is 0.586 e. The van der Waals surface area contributed by atoms with Crippen LogP contribution in [0.2, 0.25) is 0 Å². The average molecular weight is 490 g/mol. The summed E-state index contributed by atoms with van der Waals surface area (Å²) in [6.45, 7) is 1.09. The van der Waals surface area contributed by atoms with Crippen molar-refractivity contribution in [3.05, 3.63) is 47.2 Å². The first kappa shape index (κ1) is 21.6. The molecule has 0 fully saturated rings. The number of rotatable bonds is 1. The number of carbonyl (C=O) groups is 1. The van der Waals surface area contributed by atoms with Crippen molar-refractivity contribution in [2.24, 2.45) is 4.99 Å². The van der Waals surface area contributed by atoms with E-state index in [2.05, 4.69) is 14.5 Å². The van der Waals surface area contributed by atoms with Crippen LogP contribution in [0.4, 0.5) is 22.0 Å². The van der Waals surface area contributed by atoms with Crippen LogP contribution in [0.1, 0.15) is 22.8 Å². The molecule has 4 aliphatic heterocycles. The highest BCUT2D eigenvalue weighted by Gasteiger charge is 2.51. The summed E-state index contributed by atoms with van der Waals surface area (Å²) < 4.78 is 102. The molecule has 33 heavy (non-hydrogen) atoms. The van der Waals surface area contributed by atoms with Gasteiger partial charge in [0.05, 0.1) is 17.9 Å². The molecule has 0 aromatic heterocycles. The van der Waals surface area contributed by atoms with Gasteiger partial charge in [0.1, 0.15) is 0 Å². The van der Waals surface area contributed by atoms with Gasteiger partial charge in [-0.05, 0) is 17.7 Å². The number of amides is 1. The number of benzene rings is 1. The Labute approximate surface area is 182 Å². The zero-order valence-electron chi connectivity index (χ0n) is 16.6. The standard InChI is InChI=1S/C19H13F5N3O5S/c1-2-33(29,30)17-15(25-14-6-10(18(20,21)22)3-4-26(14)17)27-8-9-5-12-13(7-11(9)16(27)28)32-19(23,24)31-12/h3-7,14H,2,8H2,1H3/q+1.